The summed E-state index contributed by atoms with van der Waals surface area (Å²) in [6, 6.07) is 0. The van der Waals surface area contributed by atoms with Crippen molar-refractivity contribution in [1.82, 2.24) is 19.7 Å². The van der Waals surface area contributed by atoms with Gasteiger partial charge in [-0.25, -0.2) is 0 Å². The van der Waals surface area contributed by atoms with Crippen LogP contribution in [-0.4, -0.2) is 44.5 Å². The second kappa shape index (κ2) is 7.35. The van der Waals surface area contributed by atoms with Gasteiger partial charge in [0.15, 0.2) is 0 Å². The average molecular weight is 226 g/mol. The molecule has 1 N–H and O–H groups in total. The van der Waals surface area contributed by atoms with Gasteiger partial charge >= 0.3 is 0 Å². The normalized spacial score (nSPS) is 11.2. The van der Waals surface area contributed by atoms with Crippen molar-refractivity contribution in [3.05, 3.63) is 12.2 Å². The highest BCUT2D eigenvalue weighted by atomic mass is 16.3. The third-order valence-corrected chi connectivity index (χ3v) is 2.66. The van der Waals surface area contributed by atoms with Crippen molar-refractivity contribution >= 4 is 0 Å². The van der Waals surface area contributed by atoms with E-state index in [2.05, 4.69) is 22.0 Å². The Kier molecular flexibility index (Phi) is 6.03. The number of nitrogens with zero attached hydrogens (tertiary/aromatic N) is 4. The van der Waals surface area contributed by atoms with Crippen LogP contribution < -0.4 is 0 Å². The summed E-state index contributed by atoms with van der Waals surface area (Å²) in [6.45, 7) is 4.88. The Morgan fingerprint density at radius 3 is 2.75 bits per heavy atom. The van der Waals surface area contributed by atoms with E-state index in [1.165, 1.54) is 19.3 Å². The minimum absolute atomic E-state index is 0.198. The van der Waals surface area contributed by atoms with Crippen LogP contribution in [0.5, 0.6) is 0 Å². The van der Waals surface area contributed by atoms with Gasteiger partial charge in [-0.3, -0.25) is 4.90 Å². The fourth-order valence-corrected chi connectivity index (χ4v) is 1.65. The van der Waals surface area contributed by atoms with Crippen LogP contribution in [-0.2, 0) is 13.6 Å². The van der Waals surface area contributed by atoms with Crippen molar-refractivity contribution in [1.29, 1.82) is 0 Å². The van der Waals surface area contributed by atoms with E-state index >= 15 is 0 Å². The molecule has 0 unspecified atom stereocenters. The van der Waals surface area contributed by atoms with E-state index < -0.39 is 0 Å². The molecule has 0 aliphatic carbocycles. The van der Waals surface area contributed by atoms with E-state index in [1.807, 2.05) is 11.6 Å². The Balaban J connectivity index is 2.41. The summed E-state index contributed by atoms with van der Waals surface area (Å²) < 4.78 is 1.92. The van der Waals surface area contributed by atoms with Crippen LogP contribution in [0.15, 0.2) is 6.33 Å². The molecule has 0 aliphatic heterocycles. The molecule has 5 nitrogen and oxygen atoms in total. The molecule has 0 amide bonds. The second-order valence-electron chi connectivity index (χ2n) is 4.06. The Morgan fingerprint density at radius 2 is 2.19 bits per heavy atom. The van der Waals surface area contributed by atoms with Gasteiger partial charge < -0.3 is 9.67 Å². The molecule has 0 radical (unpaired) electrons. The van der Waals surface area contributed by atoms with E-state index in [9.17, 15) is 0 Å². The van der Waals surface area contributed by atoms with Gasteiger partial charge in [-0.15, -0.1) is 10.2 Å². The van der Waals surface area contributed by atoms with E-state index in [1.54, 1.807) is 6.33 Å². The first-order chi connectivity index (χ1) is 7.77. The van der Waals surface area contributed by atoms with Crippen LogP contribution in [0.1, 0.15) is 32.0 Å². The van der Waals surface area contributed by atoms with Crippen LogP contribution in [0, 0.1) is 0 Å². The van der Waals surface area contributed by atoms with Crippen LogP contribution >= 0.6 is 0 Å². The van der Waals surface area contributed by atoms with Crippen molar-refractivity contribution in [3.8, 4) is 0 Å². The van der Waals surface area contributed by atoms with E-state index in [4.69, 9.17) is 5.11 Å². The second-order valence-corrected chi connectivity index (χ2v) is 4.06. The molecule has 1 rings (SSSR count). The highest BCUT2D eigenvalue weighted by Gasteiger charge is 2.08. The number of aliphatic hydroxyl groups is 1. The zero-order chi connectivity index (χ0) is 11.8. The third-order valence-electron chi connectivity index (χ3n) is 2.66. The first-order valence-electron chi connectivity index (χ1n) is 5.94. The predicted octanol–water partition coefficient (Wildman–Crippen LogP) is 0.800. The van der Waals surface area contributed by atoms with Crippen LogP contribution in [0.3, 0.4) is 0 Å². The Bertz CT molecular complexity index is 287. The molecular weight excluding hydrogens is 204 g/mol. The quantitative estimate of drug-likeness (QED) is 0.666. The van der Waals surface area contributed by atoms with Gasteiger partial charge in [-0.2, -0.15) is 0 Å². The molecule has 1 heterocycles. The Labute approximate surface area is 97.1 Å². The first kappa shape index (κ1) is 13.1. The van der Waals surface area contributed by atoms with Crippen molar-refractivity contribution < 1.29 is 5.11 Å². The summed E-state index contributed by atoms with van der Waals surface area (Å²) in [5, 5.41) is 16.9. The van der Waals surface area contributed by atoms with E-state index in [-0.39, 0.29) is 6.61 Å². The van der Waals surface area contributed by atoms with Crippen LogP contribution in [0.2, 0.25) is 0 Å². The van der Waals surface area contributed by atoms with E-state index in [0.717, 1.165) is 18.9 Å². The largest absolute Gasteiger partial charge is 0.395 e. The van der Waals surface area contributed by atoms with Gasteiger partial charge in [-0.05, 0) is 13.0 Å². The molecule has 0 aromatic carbocycles. The monoisotopic (exact) mass is 226 g/mol. The van der Waals surface area contributed by atoms with Gasteiger partial charge in [0.25, 0.3) is 0 Å². The fourth-order valence-electron chi connectivity index (χ4n) is 1.65. The zero-order valence-electron chi connectivity index (χ0n) is 10.3. The summed E-state index contributed by atoms with van der Waals surface area (Å²) in [5.74, 6) is 0.949. The summed E-state index contributed by atoms with van der Waals surface area (Å²) in [4.78, 5) is 2.22. The lowest BCUT2D eigenvalue weighted by Gasteiger charge is -2.20. The van der Waals surface area contributed by atoms with Gasteiger partial charge in [0.1, 0.15) is 12.2 Å². The van der Waals surface area contributed by atoms with Gasteiger partial charge in [0, 0.05) is 13.6 Å². The van der Waals surface area contributed by atoms with Crippen LogP contribution in [0.4, 0.5) is 0 Å². The van der Waals surface area contributed by atoms with Gasteiger partial charge in [-0.1, -0.05) is 19.8 Å². The summed E-state index contributed by atoms with van der Waals surface area (Å²) in [5.41, 5.74) is 0. The lowest BCUT2D eigenvalue weighted by molar-refractivity contribution is 0.183. The predicted molar refractivity (Wildman–Crippen MR) is 62.9 cm³/mol. The topological polar surface area (TPSA) is 54.2 Å². The number of unbranched alkanes of at least 4 members (excludes halogenated alkanes) is 2. The number of aromatic nitrogens is 3. The maximum atomic E-state index is 9.01. The lowest BCUT2D eigenvalue weighted by Crippen LogP contribution is -2.28. The summed E-state index contributed by atoms with van der Waals surface area (Å²) in [7, 11) is 1.94. The number of aryl methyl sites for hydroxylation is 1. The molecule has 0 saturated carbocycles. The molecule has 0 bridgehead atoms. The molecule has 1 aromatic heterocycles. The molecule has 0 saturated heterocycles. The lowest BCUT2D eigenvalue weighted by atomic mass is 10.2. The van der Waals surface area contributed by atoms with E-state index in [0.29, 0.717) is 6.54 Å². The third kappa shape index (κ3) is 4.28. The SMILES string of the molecule is CCCCCN(CCO)Cc1nncn1C. The molecule has 16 heavy (non-hydrogen) atoms. The van der Waals surface area contributed by atoms with Crippen molar-refractivity contribution in [2.45, 2.75) is 32.7 Å². The zero-order valence-corrected chi connectivity index (χ0v) is 10.3. The average Bonchev–Trinajstić information content (AvgIpc) is 2.65. The molecular formula is C11H22N4O. The highest BCUT2D eigenvalue weighted by molar-refractivity contribution is 4.84. The standard InChI is InChI=1S/C11H22N4O/c1-3-4-5-6-15(7-8-16)9-11-13-12-10-14(11)2/h10,16H,3-9H2,1-2H3. The maximum absolute atomic E-state index is 9.01. The molecule has 92 valence electrons. The summed E-state index contributed by atoms with van der Waals surface area (Å²) in [6.07, 6.45) is 5.34. The van der Waals surface area contributed by atoms with Crippen molar-refractivity contribution in [2.24, 2.45) is 7.05 Å². The van der Waals surface area contributed by atoms with Crippen LogP contribution in [0.25, 0.3) is 0 Å². The van der Waals surface area contributed by atoms with Crippen molar-refractivity contribution in [2.75, 3.05) is 19.7 Å². The van der Waals surface area contributed by atoms with Crippen molar-refractivity contribution in [3.63, 3.8) is 0 Å². The molecule has 0 atom stereocenters. The highest BCUT2D eigenvalue weighted by Crippen LogP contribution is 2.03. The fraction of sp³-hybridized carbons (Fsp3) is 0.818. The molecule has 1 aromatic rings. The minimum atomic E-state index is 0.198. The number of aliphatic hydroxyl groups excluding tert-OH is 1. The maximum Gasteiger partial charge on any atom is 0.146 e. The molecule has 5 heteroatoms. The number of hydrogen-bond donors (Lipinski definition) is 1. The smallest absolute Gasteiger partial charge is 0.146 e. The van der Waals surface area contributed by atoms with Gasteiger partial charge in [0.05, 0.1) is 13.2 Å². The number of hydrogen-bond acceptors (Lipinski definition) is 4. The molecule has 0 fully saturated rings. The van der Waals surface area contributed by atoms with Gasteiger partial charge in [0.2, 0.25) is 0 Å². The Hall–Kier alpha value is -0.940. The molecule has 0 spiro atoms. The Morgan fingerprint density at radius 1 is 1.38 bits per heavy atom. The first-order valence-corrected chi connectivity index (χ1v) is 5.94. The minimum Gasteiger partial charge on any atom is -0.395 e. The number of rotatable bonds is 8. The summed E-state index contributed by atoms with van der Waals surface area (Å²) >= 11 is 0. The molecule has 0 aliphatic rings.